The molecule has 0 saturated carbocycles. The summed E-state index contributed by atoms with van der Waals surface area (Å²) in [5.41, 5.74) is 0.734. The van der Waals surface area contributed by atoms with Gasteiger partial charge in [0.15, 0.2) is 11.6 Å². The smallest absolute Gasteiger partial charge is 0.261 e. The topological polar surface area (TPSA) is 85.4 Å². The minimum absolute atomic E-state index is 0.00689. The van der Waals surface area contributed by atoms with E-state index in [1.165, 1.54) is 35.6 Å². The maximum Gasteiger partial charge on any atom is 0.261 e. The Morgan fingerprint density at radius 3 is 2.53 bits per heavy atom. The Morgan fingerprint density at radius 1 is 1.09 bits per heavy atom. The number of nitrogens with zero attached hydrogens (tertiary/aromatic N) is 1. The lowest BCUT2D eigenvalue weighted by Crippen LogP contribution is -2.21. The first-order valence-corrected chi connectivity index (χ1v) is 12.1. The van der Waals surface area contributed by atoms with Gasteiger partial charge in [0.25, 0.3) is 5.91 Å². The van der Waals surface area contributed by atoms with Gasteiger partial charge in [-0.1, -0.05) is 12.1 Å². The number of hydrogen-bond donors (Lipinski definition) is 1. The van der Waals surface area contributed by atoms with E-state index >= 15 is 0 Å². The van der Waals surface area contributed by atoms with E-state index in [1.807, 2.05) is 12.1 Å². The van der Waals surface area contributed by atoms with Crippen LogP contribution in [0.5, 0.6) is 5.75 Å². The molecule has 0 saturated heterocycles. The minimum atomic E-state index is -3.89. The van der Waals surface area contributed by atoms with E-state index in [1.54, 1.807) is 31.5 Å². The highest BCUT2D eigenvalue weighted by Gasteiger charge is 2.20. The van der Waals surface area contributed by atoms with E-state index in [2.05, 4.69) is 10.3 Å². The highest BCUT2D eigenvalue weighted by atomic mass is 32.2. The molecule has 0 atom stereocenters. The molecule has 0 radical (unpaired) electrons. The summed E-state index contributed by atoms with van der Waals surface area (Å²) >= 11 is 1.36. The van der Waals surface area contributed by atoms with Crippen LogP contribution < -0.4 is 10.1 Å². The Bertz CT molecular complexity index is 1350. The van der Waals surface area contributed by atoms with Gasteiger partial charge in [0.2, 0.25) is 9.84 Å². The van der Waals surface area contributed by atoms with Crippen molar-refractivity contribution in [3.8, 4) is 5.75 Å². The Hall–Kier alpha value is -3.30. The third kappa shape index (κ3) is 4.49. The molecule has 4 rings (SSSR count). The first-order chi connectivity index (χ1) is 15.4. The number of amides is 1. The van der Waals surface area contributed by atoms with Crippen molar-refractivity contribution in [2.45, 2.75) is 23.3 Å². The van der Waals surface area contributed by atoms with E-state index in [4.69, 9.17) is 4.74 Å². The Morgan fingerprint density at radius 2 is 1.84 bits per heavy atom. The lowest BCUT2D eigenvalue weighted by molar-refractivity contribution is 0.0955. The molecular weight excluding hydrogens is 451 g/mol. The van der Waals surface area contributed by atoms with Crippen molar-refractivity contribution in [3.63, 3.8) is 0 Å². The molecule has 1 N–H and O–H groups in total. The van der Waals surface area contributed by atoms with Crippen molar-refractivity contribution >= 4 is 37.2 Å². The zero-order valence-corrected chi connectivity index (χ0v) is 18.7. The van der Waals surface area contributed by atoms with Crippen LogP contribution in [0.15, 0.2) is 76.8 Å². The number of thiophene rings is 1. The fourth-order valence-electron chi connectivity index (χ4n) is 3.11. The van der Waals surface area contributed by atoms with Crippen LogP contribution >= 0.6 is 11.3 Å². The predicted molar refractivity (Wildman–Crippen MR) is 120 cm³/mol. The molecule has 0 aliphatic carbocycles. The monoisotopic (exact) mass is 470 g/mol. The summed E-state index contributed by atoms with van der Waals surface area (Å²) in [4.78, 5) is 16.9. The zero-order valence-electron chi connectivity index (χ0n) is 17.0. The second-order valence-electron chi connectivity index (χ2n) is 6.88. The largest absolute Gasteiger partial charge is 0.491 e. The van der Waals surface area contributed by atoms with Crippen LogP contribution in [-0.2, 0) is 16.4 Å². The second kappa shape index (κ2) is 9.05. The molecular formula is C23H19FN2O4S2. The molecule has 0 bridgehead atoms. The SMILES string of the molecule is CCOc1ccc(S(=O)(=O)c2ccc(CNC(=O)c3cc4ccncc4s3)cc2)cc1F. The van der Waals surface area contributed by atoms with Crippen molar-refractivity contribution in [2.75, 3.05) is 6.61 Å². The summed E-state index contributed by atoms with van der Waals surface area (Å²) in [6, 6.07) is 13.3. The summed E-state index contributed by atoms with van der Waals surface area (Å²) < 4.78 is 45.8. The van der Waals surface area contributed by atoms with Crippen LogP contribution in [-0.4, -0.2) is 25.9 Å². The number of nitrogens with one attached hydrogen (secondary N) is 1. The number of sulfone groups is 1. The third-order valence-corrected chi connectivity index (χ3v) is 7.60. The van der Waals surface area contributed by atoms with Crippen LogP contribution in [0.3, 0.4) is 0 Å². The van der Waals surface area contributed by atoms with Crippen molar-refractivity contribution in [1.29, 1.82) is 0 Å². The molecule has 32 heavy (non-hydrogen) atoms. The first kappa shape index (κ1) is 21.9. The first-order valence-electron chi connectivity index (χ1n) is 9.76. The van der Waals surface area contributed by atoms with Crippen LogP contribution in [0, 0.1) is 5.82 Å². The molecule has 0 fully saturated rings. The van der Waals surface area contributed by atoms with Gasteiger partial charge in [-0.2, -0.15) is 0 Å². The summed E-state index contributed by atoms with van der Waals surface area (Å²) in [6.45, 7) is 2.23. The molecule has 1 amide bonds. The average Bonchev–Trinajstić information content (AvgIpc) is 3.23. The van der Waals surface area contributed by atoms with E-state index < -0.39 is 15.7 Å². The Kier molecular flexibility index (Phi) is 6.20. The highest BCUT2D eigenvalue weighted by Crippen LogP contribution is 2.27. The number of pyridine rings is 1. The van der Waals surface area contributed by atoms with E-state index in [-0.39, 0.29) is 34.6 Å². The molecule has 0 aliphatic rings. The Labute approximate surface area is 188 Å². The lowest BCUT2D eigenvalue weighted by atomic mass is 10.2. The summed E-state index contributed by atoms with van der Waals surface area (Å²) in [6.07, 6.45) is 3.39. The minimum Gasteiger partial charge on any atom is -0.491 e. The zero-order chi connectivity index (χ0) is 22.7. The van der Waals surface area contributed by atoms with Crippen LogP contribution in [0.2, 0.25) is 0 Å². The standard InChI is InChI=1S/C23H19FN2O4S2/c1-2-30-20-8-7-18(12-19(20)24)32(28,29)17-5-3-15(4-6-17)13-26-23(27)21-11-16-9-10-25-14-22(16)31-21/h3-12,14H,2,13H2,1H3,(H,26,27). The summed E-state index contributed by atoms with van der Waals surface area (Å²) in [5, 5.41) is 3.78. The number of rotatable bonds is 7. The van der Waals surface area contributed by atoms with E-state index in [0.29, 0.717) is 4.88 Å². The van der Waals surface area contributed by atoms with Crippen LogP contribution in [0.25, 0.3) is 10.1 Å². The van der Waals surface area contributed by atoms with Gasteiger partial charge in [-0.25, -0.2) is 12.8 Å². The second-order valence-corrected chi connectivity index (χ2v) is 9.91. The molecule has 164 valence electrons. The average molecular weight is 471 g/mol. The van der Waals surface area contributed by atoms with Gasteiger partial charge < -0.3 is 10.1 Å². The molecule has 4 aromatic rings. The number of hydrogen-bond acceptors (Lipinski definition) is 6. The Balaban J connectivity index is 1.45. The van der Waals surface area contributed by atoms with Gasteiger partial charge in [-0.05, 0) is 60.3 Å². The molecule has 2 aromatic heterocycles. The van der Waals surface area contributed by atoms with Crippen molar-refractivity contribution in [2.24, 2.45) is 0 Å². The van der Waals surface area contributed by atoms with Gasteiger partial charge in [-0.15, -0.1) is 11.3 Å². The lowest BCUT2D eigenvalue weighted by Gasteiger charge is -2.09. The van der Waals surface area contributed by atoms with E-state index in [9.17, 15) is 17.6 Å². The number of ether oxygens (including phenoxy) is 1. The fraction of sp³-hybridized carbons (Fsp3) is 0.130. The number of aromatic nitrogens is 1. The molecule has 0 unspecified atom stereocenters. The maximum atomic E-state index is 14.1. The van der Waals surface area contributed by atoms with Gasteiger partial charge in [0.1, 0.15) is 0 Å². The maximum absolute atomic E-state index is 14.1. The normalized spacial score (nSPS) is 11.4. The fourth-order valence-corrected chi connectivity index (χ4v) is 5.33. The van der Waals surface area contributed by atoms with Crippen molar-refractivity contribution in [3.05, 3.63) is 83.2 Å². The number of benzene rings is 2. The van der Waals surface area contributed by atoms with Crippen LogP contribution in [0.1, 0.15) is 22.2 Å². The molecule has 0 spiro atoms. The summed E-state index contributed by atoms with van der Waals surface area (Å²) in [5.74, 6) is -0.940. The number of carbonyl (C=O) groups excluding carboxylic acids is 1. The quantitative estimate of drug-likeness (QED) is 0.427. The van der Waals surface area contributed by atoms with Gasteiger partial charge in [0.05, 0.1) is 26.0 Å². The van der Waals surface area contributed by atoms with Gasteiger partial charge >= 0.3 is 0 Å². The molecule has 9 heteroatoms. The molecule has 6 nitrogen and oxygen atoms in total. The molecule has 2 heterocycles. The highest BCUT2D eigenvalue weighted by molar-refractivity contribution is 7.91. The van der Waals surface area contributed by atoms with Crippen molar-refractivity contribution < 1.29 is 22.3 Å². The van der Waals surface area contributed by atoms with Crippen LogP contribution in [0.4, 0.5) is 4.39 Å². The third-order valence-electron chi connectivity index (χ3n) is 4.75. The number of halogens is 1. The summed E-state index contributed by atoms with van der Waals surface area (Å²) in [7, 11) is -3.89. The predicted octanol–water partition coefficient (Wildman–Crippen LogP) is 4.60. The van der Waals surface area contributed by atoms with Crippen molar-refractivity contribution in [1.82, 2.24) is 10.3 Å². The molecule has 2 aromatic carbocycles. The van der Waals surface area contributed by atoms with Gasteiger partial charge in [-0.3, -0.25) is 9.78 Å². The van der Waals surface area contributed by atoms with Gasteiger partial charge in [0, 0.05) is 18.9 Å². The van der Waals surface area contributed by atoms with E-state index in [0.717, 1.165) is 21.7 Å². The number of carbonyl (C=O) groups is 1. The molecule has 0 aliphatic heterocycles. The number of fused-ring (bicyclic) bond motifs is 1.